The number of carbonyl (C=O) groups excluding carboxylic acids is 1. The number of aliphatic carboxylic acids is 1. The second kappa shape index (κ2) is 7.49. The average Bonchev–Trinajstić information content (AvgIpc) is 2.95. The van der Waals surface area contributed by atoms with Gasteiger partial charge in [0, 0.05) is 17.6 Å². The number of carbonyl (C=O) groups is 2. The number of nitrogens with one attached hydrogen (secondary N) is 1. The Labute approximate surface area is 137 Å². The molecule has 1 aromatic carbocycles. The Kier molecular flexibility index (Phi) is 5.65. The van der Waals surface area contributed by atoms with Crippen molar-refractivity contribution < 1.29 is 19.4 Å². The quantitative estimate of drug-likeness (QED) is 0.833. The lowest BCUT2D eigenvalue weighted by Crippen LogP contribution is -2.42. The number of likely N-dealkylation sites (tertiary alicyclic amines) is 1. The van der Waals surface area contributed by atoms with Crippen LogP contribution in [0.3, 0.4) is 0 Å². The minimum atomic E-state index is -0.846. The topological polar surface area (TPSA) is 78.9 Å². The minimum Gasteiger partial charge on any atom is -0.489 e. The fraction of sp³-hybridized carbons (Fsp3) is 0.467. The second-order valence-electron chi connectivity index (χ2n) is 5.34. The Balaban J connectivity index is 1.75. The predicted octanol–water partition coefficient (Wildman–Crippen LogP) is 2.33. The highest BCUT2D eigenvalue weighted by atomic mass is 79.9. The Morgan fingerprint density at radius 3 is 2.95 bits per heavy atom. The summed E-state index contributed by atoms with van der Waals surface area (Å²) in [4.78, 5) is 24.4. The van der Waals surface area contributed by atoms with E-state index in [4.69, 9.17) is 9.84 Å². The maximum absolute atomic E-state index is 12.0. The molecule has 2 atom stereocenters. The summed E-state index contributed by atoms with van der Waals surface area (Å²) >= 11 is 3.37. The molecule has 7 heteroatoms. The van der Waals surface area contributed by atoms with Gasteiger partial charge in [-0.2, -0.15) is 0 Å². The molecular weight excluding hydrogens is 352 g/mol. The Bertz CT molecular complexity index is 552. The van der Waals surface area contributed by atoms with E-state index >= 15 is 0 Å². The van der Waals surface area contributed by atoms with Crippen molar-refractivity contribution in [2.75, 3.05) is 19.6 Å². The summed E-state index contributed by atoms with van der Waals surface area (Å²) in [5.41, 5.74) is 0. The van der Waals surface area contributed by atoms with Crippen molar-refractivity contribution >= 4 is 27.9 Å². The van der Waals surface area contributed by atoms with Gasteiger partial charge in [-0.15, -0.1) is 0 Å². The first kappa shape index (κ1) is 16.6. The molecule has 2 unspecified atom stereocenters. The number of nitrogens with zero attached hydrogens (tertiary/aromatic N) is 1. The number of carboxylic acid groups (broad SMARTS) is 1. The highest BCUT2D eigenvalue weighted by Gasteiger charge is 2.30. The largest absolute Gasteiger partial charge is 0.489 e. The number of hydrogen-bond acceptors (Lipinski definition) is 3. The van der Waals surface area contributed by atoms with E-state index < -0.39 is 11.9 Å². The summed E-state index contributed by atoms with van der Waals surface area (Å²) in [5, 5.41) is 11.7. The predicted molar refractivity (Wildman–Crippen MR) is 84.9 cm³/mol. The monoisotopic (exact) mass is 370 g/mol. The van der Waals surface area contributed by atoms with E-state index in [0.29, 0.717) is 19.5 Å². The van der Waals surface area contributed by atoms with E-state index in [1.165, 1.54) is 4.90 Å². The molecule has 0 aliphatic carbocycles. The molecule has 0 saturated carbocycles. The number of hydrogen-bond donors (Lipinski definition) is 2. The van der Waals surface area contributed by atoms with Crippen LogP contribution in [-0.2, 0) is 4.79 Å². The fourth-order valence-corrected chi connectivity index (χ4v) is 2.68. The van der Waals surface area contributed by atoms with Gasteiger partial charge in [0.2, 0.25) is 0 Å². The summed E-state index contributed by atoms with van der Waals surface area (Å²) in [6.07, 6.45) is 0.323. The van der Waals surface area contributed by atoms with Crippen LogP contribution in [0, 0.1) is 5.92 Å². The van der Waals surface area contributed by atoms with Crippen molar-refractivity contribution in [3.63, 3.8) is 0 Å². The van der Waals surface area contributed by atoms with Gasteiger partial charge in [-0.05, 0) is 31.5 Å². The number of halogens is 1. The number of benzene rings is 1. The molecule has 1 heterocycles. The molecule has 1 aliphatic heterocycles. The summed E-state index contributed by atoms with van der Waals surface area (Å²) < 4.78 is 6.64. The summed E-state index contributed by atoms with van der Waals surface area (Å²) in [6, 6.07) is 7.25. The molecule has 0 radical (unpaired) electrons. The SMILES string of the molecule is CC(CNC(=O)N1CCC(C(=O)O)C1)Oc1cccc(Br)c1. The smallest absolute Gasteiger partial charge is 0.317 e. The van der Waals surface area contributed by atoms with Crippen LogP contribution in [0.2, 0.25) is 0 Å². The standard InChI is InChI=1S/C15H19BrN2O4/c1-10(22-13-4-2-3-12(16)7-13)8-17-15(21)18-6-5-11(9-18)14(19)20/h2-4,7,10-11H,5-6,8-9H2,1H3,(H,17,21)(H,19,20). The van der Waals surface area contributed by atoms with Gasteiger partial charge < -0.3 is 20.1 Å². The number of urea groups is 1. The van der Waals surface area contributed by atoms with Crippen LogP contribution >= 0.6 is 15.9 Å². The first-order chi connectivity index (χ1) is 10.5. The van der Waals surface area contributed by atoms with Crippen molar-refractivity contribution in [1.29, 1.82) is 0 Å². The summed E-state index contributed by atoms with van der Waals surface area (Å²) in [6.45, 7) is 2.97. The molecule has 0 bridgehead atoms. The Morgan fingerprint density at radius 2 is 2.32 bits per heavy atom. The van der Waals surface area contributed by atoms with Gasteiger partial charge >= 0.3 is 12.0 Å². The molecule has 120 valence electrons. The molecule has 1 aromatic rings. The highest BCUT2D eigenvalue weighted by molar-refractivity contribution is 9.10. The van der Waals surface area contributed by atoms with E-state index in [-0.39, 0.29) is 18.7 Å². The Morgan fingerprint density at radius 1 is 1.55 bits per heavy atom. The zero-order valence-corrected chi connectivity index (χ0v) is 13.9. The van der Waals surface area contributed by atoms with Crippen LogP contribution in [0.15, 0.2) is 28.7 Å². The van der Waals surface area contributed by atoms with Gasteiger partial charge in [-0.1, -0.05) is 22.0 Å². The van der Waals surface area contributed by atoms with E-state index in [0.717, 1.165) is 10.2 Å². The molecule has 2 N–H and O–H groups in total. The lowest BCUT2D eigenvalue weighted by atomic mass is 10.1. The normalized spacial score (nSPS) is 18.8. The zero-order chi connectivity index (χ0) is 16.1. The van der Waals surface area contributed by atoms with Gasteiger partial charge in [0.25, 0.3) is 0 Å². The Hall–Kier alpha value is -1.76. The third-order valence-corrected chi connectivity index (χ3v) is 3.99. The van der Waals surface area contributed by atoms with Gasteiger partial charge in [-0.3, -0.25) is 4.79 Å². The van der Waals surface area contributed by atoms with E-state index in [1.54, 1.807) is 0 Å². The number of rotatable bonds is 5. The lowest BCUT2D eigenvalue weighted by Gasteiger charge is -2.20. The maximum atomic E-state index is 12.0. The number of ether oxygens (including phenoxy) is 1. The molecule has 6 nitrogen and oxygen atoms in total. The molecule has 0 spiro atoms. The molecule has 2 amide bonds. The molecule has 22 heavy (non-hydrogen) atoms. The van der Waals surface area contributed by atoms with Crippen LogP contribution < -0.4 is 10.1 Å². The van der Waals surface area contributed by atoms with Crippen LogP contribution in [0.25, 0.3) is 0 Å². The third kappa shape index (κ3) is 4.62. The molecule has 1 saturated heterocycles. The molecular formula is C15H19BrN2O4. The van der Waals surface area contributed by atoms with Crippen molar-refractivity contribution in [2.24, 2.45) is 5.92 Å². The lowest BCUT2D eigenvalue weighted by molar-refractivity contribution is -0.141. The van der Waals surface area contributed by atoms with Crippen molar-refractivity contribution in [3.05, 3.63) is 28.7 Å². The van der Waals surface area contributed by atoms with Crippen LogP contribution in [0.4, 0.5) is 4.79 Å². The highest BCUT2D eigenvalue weighted by Crippen LogP contribution is 2.19. The number of amides is 2. The average molecular weight is 371 g/mol. The summed E-state index contributed by atoms with van der Waals surface area (Å²) in [7, 11) is 0. The molecule has 2 rings (SSSR count). The van der Waals surface area contributed by atoms with Crippen LogP contribution in [0.1, 0.15) is 13.3 Å². The zero-order valence-electron chi connectivity index (χ0n) is 12.3. The van der Waals surface area contributed by atoms with Crippen LogP contribution in [0.5, 0.6) is 5.75 Å². The number of carboxylic acids is 1. The first-order valence-electron chi connectivity index (χ1n) is 7.13. The van der Waals surface area contributed by atoms with Gasteiger partial charge in [0.15, 0.2) is 0 Å². The third-order valence-electron chi connectivity index (χ3n) is 3.50. The van der Waals surface area contributed by atoms with Crippen molar-refractivity contribution in [2.45, 2.75) is 19.4 Å². The maximum Gasteiger partial charge on any atom is 0.317 e. The summed E-state index contributed by atoms with van der Waals surface area (Å²) in [5.74, 6) is -0.578. The van der Waals surface area contributed by atoms with Crippen LogP contribution in [-0.4, -0.2) is 47.7 Å². The fourth-order valence-electron chi connectivity index (χ4n) is 2.30. The molecule has 0 aromatic heterocycles. The second-order valence-corrected chi connectivity index (χ2v) is 6.26. The van der Waals surface area contributed by atoms with E-state index in [9.17, 15) is 9.59 Å². The van der Waals surface area contributed by atoms with Gasteiger partial charge in [0.1, 0.15) is 11.9 Å². The minimum absolute atomic E-state index is 0.184. The molecule has 1 fully saturated rings. The van der Waals surface area contributed by atoms with Crippen molar-refractivity contribution in [3.8, 4) is 5.75 Å². The molecule has 1 aliphatic rings. The van der Waals surface area contributed by atoms with Gasteiger partial charge in [0.05, 0.1) is 12.5 Å². The van der Waals surface area contributed by atoms with E-state index in [2.05, 4.69) is 21.2 Å². The van der Waals surface area contributed by atoms with Gasteiger partial charge in [-0.25, -0.2) is 4.79 Å². The van der Waals surface area contributed by atoms with E-state index in [1.807, 2.05) is 31.2 Å². The first-order valence-corrected chi connectivity index (χ1v) is 7.93. The van der Waals surface area contributed by atoms with Crippen molar-refractivity contribution in [1.82, 2.24) is 10.2 Å².